The van der Waals surface area contributed by atoms with Crippen LogP contribution in [0, 0.1) is 0 Å². The molecular weight excluding hydrogens is 324 g/mol. The zero-order chi connectivity index (χ0) is 14.0. The third kappa shape index (κ3) is 2.87. The molecule has 1 amide bonds. The second-order valence-corrected chi connectivity index (χ2v) is 6.19. The predicted octanol–water partition coefficient (Wildman–Crippen LogP) is 1.91. The molecule has 108 valence electrons. The van der Waals surface area contributed by atoms with Crippen molar-refractivity contribution in [3.8, 4) is 0 Å². The van der Waals surface area contributed by atoms with Gasteiger partial charge in [-0.2, -0.15) is 0 Å². The van der Waals surface area contributed by atoms with E-state index < -0.39 is 0 Å². The molecular formula is C14H17BrN2O3. The minimum Gasteiger partial charge on any atom is -0.378 e. The highest BCUT2D eigenvalue weighted by atomic mass is 79.9. The smallest absolute Gasteiger partial charge is 0.271 e. The monoisotopic (exact) mass is 340 g/mol. The van der Waals surface area contributed by atoms with Crippen molar-refractivity contribution in [3.05, 3.63) is 28.5 Å². The Hall–Kier alpha value is -0.980. The number of nitrogens with one attached hydrogen (secondary N) is 1. The SMILES string of the molecule is O=C(N[C@H]1CCO[C@@]2(CCOC2)C1)c1ncccc1Br. The largest absolute Gasteiger partial charge is 0.378 e. The van der Waals surface area contributed by atoms with Gasteiger partial charge in [0, 0.05) is 36.3 Å². The molecule has 20 heavy (non-hydrogen) atoms. The molecule has 0 radical (unpaired) electrons. The molecule has 2 aliphatic heterocycles. The first-order valence-electron chi connectivity index (χ1n) is 6.82. The van der Waals surface area contributed by atoms with Crippen molar-refractivity contribution < 1.29 is 14.3 Å². The van der Waals surface area contributed by atoms with Crippen LogP contribution in [-0.2, 0) is 9.47 Å². The van der Waals surface area contributed by atoms with Crippen molar-refractivity contribution in [1.82, 2.24) is 10.3 Å². The van der Waals surface area contributed by atoms with Gasteiger partial charge in [-0.15, -0.1) is 0 Å². The van der Waals surface area contributed by atoms with Crippen molar-refractivity contribution in [2.75, 3.05) is 19.8 Å². The molecule has 1 spiro atoms. The molecule has 0 aliphatic carbocycles. The Bertz CT molecular complexity index is 503. The number of aromatic nitrogens is 1. The summed E-state index contributed by atoms with van der Waals surface area (Å²) in [5.41, 5.74) is 0.230. The molecule has 0 aromatic carbocycles. The minimum atomic E-state index is -0.197. The van der Waals surface area contributed by atoms with Crippen LogP contribution in [0.2, 0.25) is 0 Å². The third-order valence-corrected chi connectivity index (χ3v) is 4.51. The van der Waals surface area contributed by atoms with E-state index in [2.05, 4.69) is 26.2 Å². The third-order valence-electron chi connectivity index (χ3n) is 3.87. The first-order valence-corrected chi connectivity index (χ1v) is 7.61. The lowest BCUT2D eigenvalue weighted by atomic mass is 9.89. The highest BCUT2D eigenvalue weighted by Gasteiger charge is 2.41. The van der Waals surface area contributed by atoms with Crippen molar-refractivity contribution in [3.63, 3.8) is 0 Å². The highest BCUT2D eigenvalue weighted by Crippen LogP contribution is 2.32. The van der Waals surface area contributed by atoms with E-state index in [1.54, 1.807) is 12.3 Å². The molecule has 3 rings (SSSR count). The lowest BCUT2D eigenvalue weighted by molar-refractivity contribution is -0.0881. The number of pyridine rings is 1. The van der Waals surface area contributed by atoms with E-state index in [9.17, 15) is 4.79 Å². The molecule has 0 bridgehead atoms. The topological polar surface area (TPSA) is 60.5 Å². The van der Waals surface area contributed by atoms with Crippen LogP contribution >= 0.6 is 15.9 Å². The fourth-order valence-corrected chi connectivity index (χ4v) is 3.26. The van der Waals surface area contributed by atoms with Gasteiger partial charge in [0.05, 0.1) is 12.2 Å². The van der Waals surface area contributed by atoms with Gasteiger partial charge in [-0.1, -0.05) is 0 Å². The number of nitrogens with zero attached hydrogens (tertiary/aromatic N) is 1. The Kier molecular flexibility index (Phi) is 4.05. The molecule has 2 fully saturated rings. The van der Waals surface area contributed by atoms with E-state index in [0.717, 1.165) is 25.9 Å². The summed E-state index contributed by atoms with van der Waals surface area (Å²) in [6.45, 7) is 2.04. The average Bonchev–Trinajstić information content (AvgIpc) is 2.87. The van der Waals surface area contributed by atoms with Crippen LogP contribution in [0.3, 0.4) is 0 Å². The van der Waals surface area contributed by atoms with E-state index in [1.807, 2.05) is 6.07 Å². The molecule has 3 heterocycles. The summed E-state index contributed by atoms with van der Waals surface area (Å²) in [5, 5.41) is 3.06. The summed E-state index contributed by atoms with van der Waals surface area (Å²) in [7, 11) is 0. The summed E-state index contributed by atoms with van der Waals surface area (Å²) in [6.07, 6.45) is 4.17. The molecule has 2 saturated heterocycles. The molecule has 1 aromatic rings. The van der Waals surface area contributed by atoms with Crippen molar-refractivity contribution >= 4 is 21.8 Å². The molecule has 2 aliphatic rings. The Morgan fingerprint density at radius 2 is 2.40 bits per heavy atom. The Labute approximate surface area is 126 Å². The standard InChI is InChI=1S/C14H17BrN2O3/c15-11-2-1-5-16-12(11)13(18)17-10-3-6-20-14(8-10)4-7-19-9-14/h1-2,5,10H,3-4,6-9H2,(H,17,18)/t10-,14-/m0/s1. The fourth-order valence-electron chi connectivity index (χ4n) is 2.82. The van der Waals surface area contributed by atoms with E-state index in [0.29, 0.717) is 23.4 Å². The molecule has 1 N–H and O–H groups in total. The summed E-state index contributed by atoms with van der Waals surface area (Å²) in [4.78, 5) is 16.4. The second-order valence-electron chi connectivity index (χ2n) is 5.33. The first kappa shape index (κ1) is 14.0. The zero-order valence-corrected chi connectivity index (χ0v) is 12.7. The number of hydrogen-bond donors (Lipinski definition) is 1. The minimum absolute atomic E-state index is 0.117. The van der Waals surface area contributed by atoms with Gasteiger partial charge in [0.25, 0.3) is 5.91 Å². The van der Waals surface area contributed by atoms with Crippen LogP contribution in [0.4, 0.5) is 0 Å². The van der Waals surface area contributed by atoms with Gasteiger partial charge in [-0.25, -0.2) is 4.98 Å². The lowest BCUT2D eigenvalue weighted by Gasteiger charge is -2.37. The summed E-state index contributed by atoms with van der Waals surface area (Å²) < 4.78 is 12.0. The van der Waals surface area contributed by atoms with Gasteiger partial charge in [-0.3, -0.25) is 4.79 Å². The Morgan fingerprint density at radius 3 is 3.15 bits per heavy atom. The van der Waals surface area contributed by atoms with Gasteiger partial charge in [0.1, 0.15) is 5.69 Å². The summed E-state index contributed by atoms with van der Waals surface area (Å²) in [5.74, 6) is -0.140. The number of hydrogen-bond acceptors (Lipinski definition) is 4. The maximum atomic E-state index is 12.3. The lowest BCUT2D eigenvalue weighted by Crippen LogP contribution is -2.49. The average molecular weight is 341 g/mol. The maximum Gasteiger partial charge on any atom is 0.271 e. The van der Waals surface area contributed by atoms with Crippen LogP contribution in [0.1, 0.15) is 29.8 Å². The normalized spacial score (nSPS) is 29.6. The number of amides is 1. The van der Waals surface area contributed by atoms with Gasteiger partial charge in [0.2, 0.25) is 0 Å². The predicted molar refractivity (Wildman–Crippen MR) is 76.5 cm³/mol. The Morgan fingerprint density at radius 1 is 1.50 bits per heavy atom. The quantitative estimate of drug-likeness (QED) is 0.893. The molecule has 0 saturated carbocycles. The molecule has 5 nitrogen and oxygen atoms in total. The van der Waals surface area contributed by atoms with E-state index in [1.165, 1.54) is 0 Å². The van der Waals surface area contributed by atoms with Gasteiger partial charge < -0.3 is 14.8 Å². The summed E-state index contributed by atoms with van der Waals surface area (Å²) in [6, 6.07) is 3.73. The molecule has 2 atom stereocenters. The van der Waals surface area contributed by atoms with Crippen molar-refractivity contribution in [2.45, 2.75) is 30.9 Å². The van der Waals surface area contributed by atoms with Gasteiger partial charge in [0.15, 0.2) is 0 Å². The van der Waals surface area contributed by atoms with E-state index >= 15 is 0 Å². The van der Waals surface area contributed by atoms with E-state index in [4.69, 9.17) is 9.47 Å². The molecule has 0 unspecified atom stereocenters. The number of rotatable bonds is 2. The number of carbonyl (C=O) groups excluding carboxylic acids is 1. The highest BCUT2D eigenvalue weighted by molar-refractivity contribution is 9.10. The van der Waals surface area contributed by atoms with Gasteiger partial charge in [-0.05, 0) is 40.9 Å². The first-order chi connectivity index (χ1) is 9.69. The van der Waals surface area contributed by atoms with Crippen LogP contribution < -0.4 is 5.32 Å². The second kappa shape index (κ2) is 5.79. The summed E-state index contributed by atoms with van der Waals surface area (Å²) >= 11 is 3.35. The van der Waals surface area contributed by atoms with Crippen molar-refractivity contribution in [2.24, 2.45) is 0 Å². The van der Waals surface area contributed by atoms with Crippen LogP contribution in [0.15, 0.2) is 22.8 Å². The Balaban J connectivity index is 1.65. The maximum absolute atomic E-state index is 12.3. The van der Waals surface area contributed by atoms with Crippen LogP contribution in [0.25, 0.3) is 0 Å². The number of carbonyl (C=O) groups is 1. The van der Waals surface area contributed by atoms with Crippen molar-refractivity contribution in [1.29, 1.82) is 0 Å². The van der Waals surface area contributed by atoms with Crippen LogP contribution in [-0.4, -0.2) is 42.4 Å². The number of halogens is 1. The van der Waals surface area contributed by atoms with E-state index in [-0.39, 0.29) is 17.6 Å². The zero-order valence-electron chi connectivity index (χ0n) is 11.1. The van der Waals surface area contributed by atoms with Crippen LogP contribution in [0.5, 0.6) is 0 Å². The van der Waals surface area contributed by atoms with Gasteiger partial charge >= 0.3 is 0 Å². The molecule has 1 aromatic heterocycles. The molecule has 6 heteroatoms. The fraction of sp³-hybridized carbons (Fsp3) is 0.571. The number of ether oxygens (including phenoxy) is 2.